The lowest BCUT2D eigenvalue weighted by Gasteiger charge is -2.15. The Morgan fingerprint density at radius 3 is 3.14 bits per heavy atom. The molecule has 1 aromatic rings. The Hall–Kier alpha value is -1.58. The molecule has 0 fully saturated rings. The van der Waals surface area contributed by atoms with Gasteiger partial charge in [-0.2, -0.15) is 0 Å². The van der Waals surface area contributed by atoms with Gasteiger partial charge >= 0.3 is 0 Å². The molecule has 0 aromatic carbocycles. The number of nitrogens with zero attached hydrogens (tertiary/aromatic N) is 2. The average Bonchev–Trinajstić information content (AvgIpc) is 2.30. The molecule has 0 aliphatic carbocycles. The zero-order chi connectivity index (χ0) is 9.80. The molecule has 1 N–H and O–H groups in total. The van der Waals surface area contributed by atoms with Crippen molar-refractivity contribution in [3.05, 3.63) is 23.9 Å². The zero-order valence-corrected chi connectivity index (χ0v) is 8.16. The summed E-state index contributed by atoms with van der Waals surface area (Å²) in [5, 5.41) is 3.24. The van der Waals surface area contributed by atoms with E-state index in [0.29, 0.717) is 5.88 Å². The van der Waals surface area contributed by atoms with E-state index < -0.39 is 0 Å². The summed E-state index contributed by atoms with van der Waals surface area (Å²) in [6.45, 7) is 1.84. The quantitative estimate of drug-likeness (QED) is 0.753. The first-order chi connectivity index (χ1) is 6.92. The van der Waals surface area contributed by atoms with Gasteiger partial charge in [0.25, 0.3) is 0 Å². The van der Waals surface area contributed by atoms with Gasteiger partial charge < -0.3 is 10.1 Å². The lowest BCUT2D eigenvalue weighted by molar-refractivity contribution is 0.396. The Balaban J connectivity index is 2.34. The van der Waals surface area contributed by atoms with Crippen molar-refractivity contribution in [1.29, 1.82) is 0 Å². The van der Waals surface area contributed by atoms with E-state index >= 15 is 0 Å². The van der Waals surface area contributed by atoms with E-state index in [1.165, 1.54) is 0 Å². The average molecular weight is 191 g/mol. The van der Waals surface area contributed by atoms with Gasteiger partial charge in [0.1, 0.15) is 5.84 Å². The van der Waals surface area contributed by atoms with Crippen molar-refractivity contribution in [3.63, 3.8) is 0 Å². The number of rotatable bonds is 2. The van der Waals surface area contributed by atoms with Crippen LogP contribution in [0.5, 0.6) is 5.88 Å². The minimum atomic E-state index is 0.626. The van der Waals surface area contributed by atoms with Gasteiger partial charge in [-0.3, -0.25) is 4.99 Å². The summed E-state index contributed by atoms with van der Waals surface area (Å²) in [6.07, 6.45) is 2.80. The van der Waals surface area contributed by atoms with Crippen molar-refractivity contribution in [3.8, 4) is 5.88 Å². The molecule has 0 radical (unpaired) electrons. The van der Waals surface area contributed by atoms with E-state index in [-0.39, 0.29) is 0 Å². The second-order valence-electron chi connectivity index (χ2n) is 3.07. The van der Waals surface area contributed by atoms with Crippen LogP contribution in [0.15, 0.2) is 23.3 Å². The Bertz CT molecular complexity index is 349. The molecular weight excluding hydrogens is 178 g/mol. The van der Waals surface area contributed by atoms with Crippen LogP contribution < -0.4 is 10.1 Å². The van der Waals surface area contributed by atoms with Gasteiger partial charge in [-0.05, 0) is 18.6 Å². The third-order valence-electron chi connectivity index (χ3n) is 2.12. The third kappa shape index (κ3) is 1.69. The minimum absolute atomic E-state index is 0.626. The highest BCUT2D eigenvalue weighted by Crippen LogP contribution is 2.14. The number of aliphatic imine (C=N–C) groups is 1. The summed E-state index contributed by atoms with van der Waals surface area (Å²) in [5.41, 5.74) is 0.940. The normalized spacial score (nSPS) is 15.6. The van der Waals surface area contributed by atoms with Crippen molar-refractivity contribution in [1.82, 2.24) is 10.3 Å². The van der Waals surface area contributed by atoms with Gasteiger partial charge in [0, 0.05) is 19.3 Å². The number of hydrogen-bond donors (Lipinski definition) is 1. The van der Waals surface area contributed by atoms with E-state index in [1.54, 1.807) is 13.3 Å². The lowest BCUT2D eigenvalue weighted by Crippen LogP contribution is -2.30. The minimum Gasteiger partial charge on any atom is -0.480 e. The number of nitrogens with one attached hydrogen (secondary N) is 1. The molecule has 1 aromatic heterocycles. The fraction of sp³-hybridized carbons (Fsp3) is 0.400. The first-order valence-corrected chi connectivity index (χ1v) is 4.69. The van der Waals surface area contributed by atoms with E-state index in [4.69, 9.17) is 4.74 Å². The van der Waals surface area contributed by atoms with Crippen molar-refractivity contribution in [2.45, 2.75) is 6.42 Å². The summed E-state index contributed by atoms with van der Waals surface area (Å²) in [6, 6.07) is 3.85. The predicted molar refractivity (Wildman–Crippen MR) is 54.8 cm³/mol. The molecule has 2 heterocycles. The molecule has 1 aliphatic rings. The summed E-state index contributed by atoms with van der Waals surface area (Å²) in [7, 11) is 1.62. The first kappa shape index (κ1) is 8.99. The SMILES string of the molecule is COc1ncccc1C1=NCCCN1. The highest BCUT2D eigenvalue weighted by molar-refractivity contribution is 6.00. The molecule has 74 valence electrons. The summed E-state index contributed by atoms with van der Waals surface area (Å²) >= 11 is 0. The number of aromatic nitrogens is 1. The van der Waals surface area contributed by atoms with Crippen LogP contribution in [0.1, 0.15) is 12.0 Å². The van der Waals surface area contributed by atoms with Crippen molar-refractivity contribution >= 4 is 5.84 Å². The molecule has 2 rings (SSSR count). The third-order valence-corrected chi connectivity index (χ3v) is 2.12. The van der Waals surface area contributed by atoms with Gasteiger partial charge in [-0.1, -0.05) is 0 Å². The van der Waals surface area contributed by atoms with Crippen molar-refractivity contribution in [2.24, 2.45) is 4.99 Å². The van der Waals surface area contributed by atoms with Crippen LogP contribution in [0.3, 0.4) is 0 Å². The Morgan fingerprint density at radius 1 is 1.50 bits per heavy atom. The van der Waals surface area contributed by atoms with Crippen LogP contribution in [0.2, 0.25) is 0 Å². The van der Waals surface area contributed by atoms with Crippen molar-refractivity contribution in [2.75, 3.05) is 20.2 Å². The lowest BCUT2D eigenvalue weighted by atomic mass is 10.2. The van der Waals surface area contributed by atoms with Gasteiger partial charge in [-0.25, -0.2) is 4.98 Å². The topological polar surface area (TPSA) is 46.5 Å². The number of methoxy groups -OCH3 is 1. The fourth-order valence-corrected chi connectivity index (χ4v) is 1.45. The predicted octanol–water partition coefficient (Wildman–Crippen LogP) is 0.830. The van der Waals surface area contributed by atoms with Crippen LogP contribution in [0, 0.1) is 0 Å². The molecule has 0 saturated heterocycles. The number of ether oxygens (including phenoxy) is 1. The van der Waals surface area contributed by atoms with E-state index in [9.17, 15) is 0 Å². The molecule has 4 heteroatoms. The Kier molecular flexibility index (Phi) is 2.62. The molecular formula is C10H13N3O. The largest absolute Gasteiger partial charge is 0.480 e. The maximum Gasteiger partial charge on any atom is 0.224 e. The molecule has 0 bridgehead atoms. The summed E-state index contributed by atoms with van der Waals surface area (Å²) in [5.74, 6) is 1.52. The van der Waals surface area contributed by atoms with Gasteiger partial charge in [0.15, 0.2) is 0 Å². The standard InChI is InChI=1S/C10H13N3O/c1-14-10-8(4-2-5-13-10)9-11-6-3-7-12-9/h2,4-5H,3,6-7H2,1H3,(H,11,12). The molecule has 0 amide bonds. The molecule has 0 saturated carbocycles. The van der Waals surface area contributed by atoms with Gasteiger partial charge in [0.2, 0.25) is 5.88 Å². The fourth-order valence-electron chi connectivity index (χ4n) is 1.45. The van der Waals surface area contributed by atoms with Crippen LogP contribution >= 0.6 is 0 Å². The molecule has 0 spiro atoms. The number of hydrogen-bond acceptors (Lipinski definition) is 4. The zero-order valence-electron chi connectivity index (χ0n) is 8.16. The van der Waals surface area contributed by atoms with E-state index in [0.717, 1.165) is 30.9 Å². The van der Waals surface area contributed by atoms with Gasteiger partial charge in [0.05, 0.1) is 12.7 Å². The molecule has 0 atom stereocenters. The maximum absolute atomic E-state index is 5.17. The second-order valence-corrected chi connectivity index (χ2v) is 3.07. The van der Waals surface area contributed by atoms with Crippen LogP contribution in [-0.4, -0.2) is 31.0 Å². The number of pyridine rings is 1. The highest BCUT2D eigenvalue weighted by Gasteiger charge is 2.12. The van der Waals surface area contributed by atoms with Crippen LogP contribution in [0.4, 0.5) is 0 Å². The summed E-state index contributed by atoms with van der Waals surface area (Å²) < 4.78 is 5.17. The number of amidine groups is 1. The first-order valence-electron chi connectivity index (χ1n) is 4.69. The molecule has 0 unspecified atom stereocenters. The van der Waals surface area contributed by atoms with Gasteiger partial charge in [-0.15, -0.1) is 0 Å². The Morgan fingerprint density at radius 2 is 2.43 bits per heavy atom. The maximum atomic E-state index is 5.17. The smallest absolute Gasteiger partial charge is 0.224 e. The van der Waals surface area contributed by atoms with E-state index in [1.807, 2.05) is 12.1 Å². The molecule has 4 nitrogen and oxygen atoms in total. The van der Waals surface area contributed by atoms with Crippen molar-refractivity contribution < 1.29 is 4.74 Å². The second kappa shape index (κ2) is 4.09. The summed E-state index contributed by atoms with van der Waals surface area (Å²) in [4.78, 5) is 8.52. The highest BCUT2D eigenvalue weighted by atomic mass is 16.5. The molecule has 14 heavy (non-hydrogen) atoms. The Labute approximate surface area is 83.0 Å². The van der Waals surface area contributed by atoms with E-state index in [2.05, 4.69) is 15.3 Å². The molecule has 1 aliphatic heterocycles. The van der Waals surface area contributed by atoms with Crippen LogP contribution in [-0.2, 0) is 0 Å². The monoisotopic (exact) mass is 191 g/mol. The van der Waals surface area contributed by atoms with Crippen LogP contribution in [0.25, 0.3) is 0 Å².